The number of benzene rings is 1. The molecule has 1 saturated heterocycles. The Kier molecular flexibility index (Phi) is 4.32. The Morgan fingerprint density at radius 2 is 2.17 bits per heavy atom. The molecule has 1 N–H and O–H groups in total. The van der Waals surface area contributed by atoms with E-state index in [1.54, 1.807) is 6.20 Å². The monoisotopic (exact) mass is 341 g/mol. The number of amides is 1. The molecule has 0 aliphatic carbocycles. The number of carbonyl (C=O) groups is 1. The Morgan fingerprint density at radius 1 is 1.33 bits per heavy atom. The second-order valence-corrected chi connectivity index (χ2v) is 7.19. The Bertz CT molecular complexity index is 816. The van der Waals surface area contributed by atoms with Crippen molar-refractivity contribution in [2.24, 2.45) is 5.92 Å². The Balaban J connectivity index is 1.42. The Labute approximate surface area is 144 Å². The molecular formula is C18H19N3O2S. The standard InChI is InChI=1S/C18H19N3O2S/c22-18(17-9-14-3-1-2-4-16(14)24-17)20-15-10-19-21(12-15)11-13-5-7-23-8-6-13/h1-4,9-10,12-13H,5-8,11H2,(H,20,22). The summed E-state index contributed by atoms with van der Waals surface area (Å²) in [6.07, 6.45) is 5.76. The lowest BCUT2D eigenvalue weighted by Gasteiger charge is -2.21. The minimum Gasteiger partial charge on any atom is -0.381 e. The first-order valence-corrected chi connectivity index (χ1v) is 9.00. The highest BCUT2D eigenvalue weighted by Gasteiger charge is 2.16. The fraction of sp³-hybridized carbons (Fsp3) is 0.333. The fourth-order valence-corrected chi connectivity index (χ4v) is 3.97. The van der Waals surface area contributed by atoms with Crippen LogP contribution in [0.1, 0.15) is 22.5 Å². The van der Waals surface area contributed by atoms with Crippen LogP contribution in [0.3, 0.4) is 0 Å². The molecule has 1 aliphatic heterocycles. The molecule has 0 bridgehead atoms. The van der Waals surface area contributed by atoms with E-state index in [9.17, 15) is 4.79 Å². The average molecular weight is 341 g/mol. The molecule has 0 saturated carbocycles. The van der Waals surface area contributed by atoms with Gasteiger partial charge in [-0.05, 0) is 36.3 Å². The molecule has 24 heavy (non-hydrogen) atoms. The third-order valence-corrected chi connectivity index (χ3v) is 5.44. The van der Waals surface area contributed by atoms with Gasteiger partial charge in [-0.15, -0.1) is 11.3 Å². The van der Waals surface area contributed by atoms with Crippen LogP contribution in [-0.2, 0) is 11.3 Å². The van der Waals surface area contributed by atoms with Gasteiger partial charge in [0.25, 0.3) is 5.91 Å². The number of anilines is 1. The summed E-state index contributed by atoms with van der Waals surface area (Å²) in [4.78, 5) is 13.1. The molecule has 3 aromatic rings. The van der Waals surface area contributed by atoms with Crippen molar-refractivity contribution in [1.29, 1.82) is 0 Å². The van der Waals surface area contributed by atoms with E-state index < -0.39 is 0 Å². The van der Waals surface area contributed by atoms with Crippen LogP contribution in [0.15, 0.2) is 42.7 Å². The predicted molar refractivity (Wildman–Crippen MR) is 95.5 cm³/mol. The van der Waals surface area contributed by atoms with E-state index >= 15 is 0 Å². The summed E-state index contributed by atoms with van der Waals surface area (Å²) in [5.41, 5.74) is 0.740. The second-order valence-electron chi connectivity index (χ2n) is 6.11. The summed E-state index contributed by atoms with van der Waals surface area (Å²) in [6.45, 7) is 2.55. The zero-order valence-electron chi connectivity index (χ0n) is 13.3. The molecule has 0 unspecified atom stereocenters. The number of ether oxygens (including phenoxy) is 1. The number of fused-ring (bicyclic) bond motifs is 1. The molecule has 4 rings (SSSR count). The average Bonchev–Trinajstić information content (AvgIpc) is 3.22. The van der Waals surface area contributed by atoms with E-state index in [4.69, 9.17) is 4.74 Å². The molecule has 2 aromatic heterocycles. The number of hydrogen-bond donors (Lipinski definition) is 1. The smallest absolute Gasteiger partial charge is 0.265 e. The van der Waals surface area contributed by atoms with E-state index in [0.717, 1.165) is 48.4 Å². The molecule has 1 aliphatic rings. The van der Waals surface area contributed by atoms with Gasteiger partial charge in [-0.3, -0.25) is 9.48 Å². The number of nitrogens with one attached hydrogen (secondary N) is 1. The summed E-state index contributed by atoms with van der Waals surface area (Å²) < 4.78 is 8.42. The molecule has 0 spiro atoms. The van der Waals surface area contributed by atoms with Crippen molar-refractivity contribution in [2.75, 3.05) is 18.5 Å². The minimum absolute atomic E-state index is 0.0817. The first kappa shape index (κ1) is 15.4. The van der Waals surface area contributed by atoms with Crippen LogP contribution in [0.4, 0.5) is 5.69 Å². The lowest BCUT2D eigenvalue weighted by molar-refractivity contribution is 0.0601. The topological polar surface area (TPSA) is 56.2 Å². The highest BCUT2D eigenvalue weighted by molar-refractivity contribution is 7.20. The molecule has 0 atom stereocenters. The molecule has 1 amide bonds. The van der Waals surface area contributed by atoms with Crippen molar-refractivity contribution in [1.82, 2.24) is 9.78 Å². The van der Waals surface area contributed by atoms with Gasteiger partial charge >= 0.3 is 0 Å². The summed E-state index contributed by atoms with van der Waals surface area (Å²) in [7, 11) is 0. The minimum atomic E-state index is -0.0817. The van der Waals surface area contributed by atoms with E-state index in [1.807, 2.05) is 41.2 Å². The second kappa shape index (κ2) is 6.75. The van der Waals surface area contributed by atoms with Crippen molar-refractivity contribution < 1.29 is 9.53 Å². The van der Waals surface area contributed by atoms with Gasteiger partial charge in [-0.25, -0.2) is 0 Å². The van der Waals surface area contributed by atoms with Gasteiger partial charge in [-0.2, -0.15) is 5.10 Å². The van der Waals surface area contributed by atoms with E-state index in [-0.39, 0.29) is 5.91 Å². The maximum atomic E-state index is 12.4. The molecule has 0 radical (unpaired) electrons. The van der Waals surface area contributed by atoms with Crippen LogP contribution in [0.25, 0.3) is 10.1 Å². The highest BCUT2D eigenvalue weighted by Crippen LogP contribution is 2.26. The quantitative estimate of drug-likeness (QED) is 0.786. The number of aromatic nitrogens is 2. The van der Waals surface area contributed by atoms with Crippen LogP contribution in [-0.4, -0.2) is 28.9 Å². The molecule has 124 valence electrons. The van der Waals surface area contributed by atoms with Crippen molar-refractivity contribution in [3.05, 3.63) is 47.6 Å². The highest BCUT2D eigenvalue weighted by atomic mass is 32.1. The van der Waals surface area contributed by atoms with Crippen molar-refractivity contribution in [3.8, 4) is 0 Å². The van der Waals surface area contributed by atoms with Gasteiger partial charge < -0.3 is 10.1 Å². The lowest BCUT2D eigenvalue weighted by Crippen LogP contribution is -2.20. The number of hydrogen-bond acceptors (Lipinski definition) is 4. The Morgan fingerprint density at radius 3 is 3.00 bits per heavy atom. The largest absolute Gasteiger partial charge is 0.381 e. The maximum absolute atomic E-state index is 12.4. The van der Waals surface area contributed by atoms with Crippen molar-refractivity contribution in [2.45, 2.75) is 19.4 Å². The van der Waals surface area contributed by atoms with Crippen LogP contribution in [0, 0.1) is 5.92 Å². The summed E-state index contributed by atoms with van der Waals surface area (Å²) in [5, 5.41) is 8.40. The van der Waals surface area contributed by atoms with Crippen LogP contribution < -0.4 is 5.32 Å². The fourth-order valence-electron chi connectivity index (χ4n) is 3.01. The van der Waals surface area contributed by atoms with Crippen molar-refractivity contribution >= 4 is 33.0 Å². The summed E-state index contributed by atoms with van der Waals surface area (Å²) in [5.74, 6) is 0.520. The molecule has 3 heterocycles. The third kappa shape index (κ3) is 3.34. The maximum Gasteiger partial charge on any atom is 0.265 e. The van der Waals surface area contributed by atoms with Gasteiger partial charge in [0, 0.05) is 30.7 Å². The van der Waals surface area contributed by atoms with Crippen LogP contribution in [0.2, 0.25) is 0 Å². The predicted octanol–water partition coefficient (Wildman–Crippen LogP) is 3.78. The summed E-state index contributed by atoms with van der Waals surface area (Å²) >= 11 is 1.51. The van der Waals surface area contributed by atoms with E-state index in [2.05, 4.69) is 10.4 Å². The van der Waals surface area contributed by atoms with E-state index in [0.29, 0.717) is 10.8 Å². The van der Waals surface area contributed by atoms with E-state index in [1.165, 1.54) is 11.3 Å². The number of carbonyl (C=O) groups excluding carboxylic acids is 1. The van der Waals surface area contributed by atoms with Crippen LogP contribution in [0.5, 0.6) is 0 Å². The number of thiophene rings is 1. The van der Waals surface area contributed by atoms with Crippen molar-refractivity contribution in [3.63, 3.8) is 0 Å². The van der Waals surface area contributed by atoms with Gasteiger partial charge in [0.2, 0.25) is 0 Å². The number of rotatable bonds is 4. The number of nitrogens with zero attached hydrogens (tertiary/aromatic N) is 2. The zero-order chi connectivity index (χ0) is 16.4. The van der Waals surface area contributed by atoms with Gasteiger partial charge in [0.1, 0.15) is 0 Å². The Hall–Kier alpha value is -2.18. The first-order valence-electron chi connectivity index (χ1n) is 8.18. The lowest BCUT2D eigenvalue weighted by atomic mass is 10.0. The molecule has 1 aromatic carbocycles. The molecule has 6 heteroatoms. The van der Waals surface area contributed by atoms with Crippen LogP contribution >= 0.6 is 11.3 Å². The zero-order valence-corrected chi connectivity index (χ0v) is 14.1. The first-order chi connectivity index (χ1) is 11.8. The summed E-state index contributed by atoms with van der Waals surface area (Å²) in [6, 6.07) is 9.96. The molecule has 5 nitrogen and oxygen atoms in total. The third-order valence-electron chi connectivity index (χ3n) is 4.33. The van der Waals surface area contributed by atoms with Gasteiger partial charge in [0.05, 0.1) is 16.8 Å². The van der Waals surface area contributed by atoms with Gasteiger partial charge in [-0.1, -0.05) is 18.2 Å². The molecule has 1 fully saturated rings. The van der Waals surface area contributed by atoms with Gasteiger partial charge in [0.15, 0.2) is 0 Å². The SMILES string of the molecule is O=C(Nc1cnn(CC2CCOCC2)c1)c1cc2ccccc2s1. The molecular weight excluding hydrogens is 322 g/mol. The normalized spacial score (nSPS) is 15.7.